The fourth-order valence-electron chi connectivity index (χ4n) is 3.31. The van der Waals surface area contributed by atoms with Crippen LogP contribution in [0.2, 0.25) is 10.0 Å². The van der Waals surface area contributed by atoms with Gasteiger partial charge < -0.3 is 14.5 Å². The molecule has 2 aromatic carbocycles. The highest BCUT2D eigenvalue weighted by Crippen LogP contribution is 2.24. The summed E-state index contributed by atoms with van der Waals surface area (Å²) >= 11 is 12.1. The van der Waals surface area contributed by atoms with Crippen molar-refractivity contribution in [3.05, 3.63) is 98.5 Å². The summed E-state index contributed by atoms with van der Waals surface area (Å²) in [4.78, 5) is 12.6. The summed E-state index contributed by atoms with van der Waals surface area (Å²) in [6, 6.07) is 16.6. The van der Waals surface area contributed by atoms with Crippen LogP contribution in [0.25, 0.3) is 0 Å². The van der Waals surface area contributed by atoms with Crippen molar-refractivity contribution in [2.45, 2.75) is 33.9 Å². The Morgan fingerprint density at radius 2 is 1.85 bits per heavy atom. The van der Waals surface area contributed by atoms with Crippen molar-refractivity contribution < 1.29 is 13.9 Å². The molecule has 0 bridgehead atoms. The van der Waals surface area contributed by atoms with Crippen LogP contribution in [-0.4, -0.2) is 15.7 Å². The minimum absolute atomic E-state index is 0.186. The molecule has 0 aliphatic heterocycles. The van der Waals surface area contributed by atoms with Crippen LogP contribution in [0, 0.1) is 20.8 Å². The number of nitrogens with one attached hydrogen (secondary N) is 1. The molecule has 33 heavy (non-hydrogen) atoms. The molecule has 0 atom stereocenters. The van der Waals surface area contributed by atoms with Gasteiger partial charge in [0.1, 0.15) is 18.1 Å². The number of benzene rings is 2. The van der Waals surface area contributed by atoms with E-state index in [2.05, 4.69) is 10.4 Å². The molecule has 170 valence electrons. The quantitative estimate of drug-likeness (QED) is 0.321. The Labute approximate surface area is 202 Å². The maximum atomic E-state index is 12.6. The van der Waals surface area contributed by atoms with Gasteiger partial charge in [-0.2, -0.15) is 5.10 Å². The average Bonchev–Trinajstić information content (AvgIpc) is 3.38. The highest BCUT2D eigenvalue weighted by atomic mass is 35.5. The van der Waals surface area contributed by atoms with E-state index in [9.17, 15) is 4.79 Å². The number of anilines is 1. The van der Waals surface area contributed by atoms with Gasteiger partial charge in [0.25, 0.3) is 5.91 Å². The normalized spacial score (nSPS) is 10.9. The van der Waals surface area contributed by atoms with Gasteiger partial charge in [0.15, 0.2) is 11.6 Å². The second-order valence-corrected chi connectivity index (χ2v) is 8.67. The predicted molar refractivity (Wildman–Crippen MR) is 129 cm³/mol. The molecule has 0 saturated heterocycles. The van der Waals surface area contributed by atoms with E-state index >= 15 is 0 Å². The number of aryl methyl sites for hydroxylation is 3. The zero-order valence-corrected chi connectivity index (χ0v) is 20.0. The third-order valence-corrected chi connectivity index (χ3v) is 5.88. The SMILES string of the molecule is Cc1ccc(C)c(OCc2ccc(C(=O)Nc3cc(C)n(Cc4ccc(Cl)c(Cl)c4)n3)o2)c1. The molecule has 2 heterocycles. The van der Waals surface area contributed by atoms with Crippen LogP contribution >= 0.6 is 23.2 Å². The van der Waals surface area contributed by atoms with Crippen molar-refractivity contribution in [1.29, 1.82) is 0 Å². The molecule has 0 aliphatic rings. The van der Waals surface area contributed by atoms with E-state index in [1.165, 1.54) is 0 Å². The third kappa shape index (κ3) is 5.59. The fraction of sp³-hybridized carbons (Fsp3) is 0.200. The summed E-state index contributed by atoms with van der Waals surface area (Å²) < 4.78 is 13.3. The standard InChI is InChI=1S/C25H23Cl2N3O3/c1-15-4-5-16(2)23(10-15)32-14-19-7-9-22(33-19)25(31)28-24-11-17(3)30(29-24)13-18-6-8-20(26)21(27)12-18/h4-12H,13-14H2,1-3H3,(H,28,29,31). The number of carbonyl (C=O) groups is 1. The number of hydrogen-bond donors (Lipinski definition) is 1. The van der Waals surface area contributed by atoms with Crippen molar-refractivity contribution in [3.8, 4) is 5.75 Å². The van der Waals surface area contributed by atoms with Gasteiger partial charge in [-0.3, -0.25) is 9.48 Å². The predicted octanol–water partition coefficient (Wildman–Crippen LogP) is 6.59. The molecule has 1 N–H and O–H groups in total. The Morgan fingerprint density at radius 3 is 2.64 bits per heavy atom. The molecule has 0 spiro atoms. The average molecular weight is 484 g/mol. The third-order valence-electron chi connectivity index (χ3n) is 5.14. The first-order valence-electron chi connectivity index (χ1n) is 10.4. The van der Waals surface area contributed by atoms with E-state index in [0.717, 1.165) is 28.1 Å². The Bertz CT molecular complexity index is 1310. The number of nitrogens with zero attached hydrogens (tertiary/aromatic N) is 2. The minimum Gasteiger partial charge on any atom is -0.485 e. The van der Waals surface area contributed by atoms with Gasteiger partial charge in [0.2, 0.25) is 0 Å². The van der Waals surface area contributed by atoms with Crippen LogP contribution in [0.15, 0.2) is 59.0 Å². The van der Waals surface area contributed by atoms with Gasteiger partial charge >= 0.3 is 0 Å². The molecule has 2 aromatic heterocycles. The van der Waals surface area contributed by atoms with E-state index < -0.39 is 0 Å². The molecule has 4 rings (SSSR count). The van der Waals surface area contributed by atoms with Crippen LogP contribution in [0.3, 0.4) is 0 Å². The van der Waals surface area contributed by atoms with Crippen molar-refractivity contribution in [2.24, 2.45) is 0 Å². The molecule has 1 amide bonds. The zero-order chi connectivity index (χ0) is 23.5. The van der Waals surface area contributed by atoms with Gasteiger partial charge in [-0.25, -0.2) is 0 Å². The first-order chi connectivity index (χ1) is 15.8. The molecule has 0 radical (unpaired) electrons. The van der Waals surface area contributed by atoms with E-state index in [0.29, 0.717) is 28.2 Å². The first kappa shape index (κ1) is 23.0. The highest BCUT2D eigenvalue weighted by Gasteiger charge is 2.15. The molecule has 4 aromatic rings. The van der Waals surface area contributed by atoms with E-state index in [1.54, 1.807) is 35.0 Å². The van der Waals surface area contributed by atoms with Crippen molar-refractivity contribution >= 4 is 34.9 Å². The summed E-state index contributed by atoms with van der Waals surface area (Å²) in [5.74, 6) is 1.59. The molecule has 0 fully saturated rings. The lowest BCUT2D eigenvalue weighted by Crippen LogP contribution is -2.12. The second-order valence-electron chi connectivity index (χ2n) is 7.85. The maximum absolute atomic E-state index is 12.6. The Kier molecular flexibility index (Phi) is 6.77. The van der Waals surface area contributed by atoms with Crippen LogP contribution in [0.1, 0.15) is 38.7 Å². The van der Waals surface area contributed by atoms with Gasteiger partial charge in [-0.15, -0.1) is 0 Å². The summed E-state index contributed by atoms with van der Waals surface area (Å²) in [5, 5.41) is 8.23. The number of carbonyl (C=O) groups excluding carboxylic acids is 1. The Hall–Kier alpha value is -3.22. The maximum Gasteiger partial charge on any atom is 0.292 e. The lowest BCUT2D eigenvalue weighted by Gasteiger charge is -2.08. The molecule has 8 heteroatoms. The van der Waals surface area contributed by atoms with Crippen LogP contribution in [-0.2, 0) is 13.2 Å². The van der Waals surface area contributed by atoms with E-state index in [4.69, 9.17) is 32.4 Å². The van der Waals surface area contributed by atoms with Crippen molar-refractivity contribution in [1.82, 2.24) is 9.78 Å². The van der Waals surface area contributed by atoms with Gasteiger partial charge in [0.05, 0.1) is 16.6 Å². The zero-order valence-electron chi connectivity index (χ0n) is 18.5. The number of furan rings is 1. The number of halogens is 2. The molecular formula is C25H23Cl2N3O3. The molecule has 0 unspecified atom stereocenters. The lowest BCUT2D eigenvalue weighted by molar-refractivity contribution is 0.0992. The number of amides is 1. The molecule has 0 aliphatic carbocycles. The smallest absolute Gasteiger partial charge is 0.292 e. The van der Waals surface area contributed by atoms with E-state index in [-0.39, 0.29) is 18.3 Å². The topological polar surface area (TPSA) is 69.3 Å². The van der Waals surface area contributed by atoms with Crippen LogP contribution in [0.4, 0.5) is 5.82 Å². The van der Waals surface area contributed by atoms with Gasteiger partial charge in [-0.1, -0.05) is 41.4 Å². The minimum atomic E-state index is -0.382. The number of rotatable bonds is 7. The van der Waals surface area contributed by atoms with Crippen LogP contribution < -0.4 is 10.1 Å². The summed E-state index contributed by atoms with van der Waals surface area (Å²) in [7, 11) is 0. The summed E-state index contributed by atoms with van der Waals surface area (Å²) in [5.41, 5.74) is 3.99. The monoisotopic (exact) mass is 483 g/mol. The Morgan fingerprint density at radius 1 is 1.03 bits per heavy atom. The fourth-order valence-corrected chi connectivity index (χ4v) is 3.63. The number of ether oxygens (including phenoxy) is 1. The van der Waals surface area contributed by atoms with E-state index in [1.807, 2.05) is 45.0 Å². The number of hydrogen-bond acceptors (Lipinski definition) is 4. The summed E-state index contributed by atoms with van der Waals surface area (Å²) in [6.07, 6.45) is 0. The first-order valence-corrected chi connectivity index (χ1v) is 11.1. The van der Waals surface area contributed by atoms with Crippen LogP contribution in [0.5, 0.6) is 5.75 Å². The van der Waals surface area contributed by atoms with Gasteiger partial charge in [-0.05, 0) is 67.8 Å². The second kappa shape index (κ2) is 9.73. The molecule has 0 saturated carbocycles. The largest absolute Gasteiger partial charge is 0.485 e. The number of aromatic nitrogens is 2. The van der Waals surface area contributed by atoms with Crippen molar-refractivity contribution in [3.63, 3.8) is 0 Å². The summed E-state index contributed by atoms with van der Waals surface area (Å²) in [6.45, 7) is 6.64. The molecule has 6 nitrogen and oxygen atoms in total. The Balaban J connectivity index is 1.38. The lowest BCUT2D eigenvalue weighted by atomic mass is 10.1. The van der Waals surface area contributed by atoms with Crippen molar-refractivity contribution in [2.75, 3.05) is 5.32 Å². The molecular weight excluding hydrogens is 461 g/mol. The highest BCUT2D eigenvalue weighted by molar-refractivity contribution is 6.42. The van der Waals surface area contributed by atoms with Gasteiger partial charge in [0, 0.05) is 11.8 Å².